The summed E-state index contributed by atoms with van der Waals surface area (Å²) in [5.41, 5.74) is -0.686. The van der Waals surface area contributed by atoms with Gasteiger partial charge in [0.1, 0.15) is 11.5 Å². The number of Topliss-reactive ketones (excluding diaryl/α,β-unsaturated/α-hetero) is 1. The number of likely N-dealkylation sites (tertiary alicyclic amines) is 1. The highest BCUT2D eigenvalue weighted by Crippen LogP contribution is 2.28. The van der Waals surface area contributed by atoms with E-state index in [0.717, 1.165) is 0 Å². The summed E-state index contributed by atoms with van der Waals surface area (Å²) in [6, 6.07) is -0.789. The van der Waals surface area contributed by atoms with Gasteiger partial charge in [-0.1, -0.05) is 0 Å². The van der Waals surface area contributed by atoms with E-state index < -0.39 is 41.3 Å². The van der Waals surface area contributed by atoms with Crippen LogP contribution in [0.2, 0.25) is 0 Å². The summed E-state index contributed by atoms with van der Waals surface area (Å²) in [5.74, 6) is -3.46. The van der Waals surface area contributed by atoms with Crippen molar-refractivity contribution in [2.45, 2.75) is 51.7 Å². The number of carbonyl (C=O) groups is 4. The van der Waals surface area contributed by atoms with Gasteiger partial charge in [-0.2, -0.15) is 5.06 Å². The van der Waals surface area contributed by atoms with Crippen molar-refractivity contribution in [3.8, 4) is 0 Å². The fourth-order valence-corrected chi connectivity index (χ4v) is 2.68. The van der Waals surface area contributed by atoms with Crippen LogP contribution in [0, 0.1) is 5.92 Å². The van der Waals surface area contributed by atoms with Crippen LogP contribution in [0.1, 0.15) is 40.0 Å². The van der Waals surface area contributed by atoms with Crippen LogP contribution in [0.4, 0.5) is 4.79 Å². The molecule has 0 aliphatic carbocycles. The molecule has 2 atom stereocenters. The van der Waals surface area contributed by atoms with Crippen molar-refractivity contribution >= 4 is 23.7 Å². The number of hydroxylamine groups is 2. The molecule has 122 valence electrons. The maximum Gasteiger partial charge on any atom is 0.410 e. The molecule has 2 heterocycles. The first-order chi connectivity index (χ1) is 10.1. The summed E-state index contributed by atoms with van der Waals surface area (Å²) in [4.78, 5) is 48.9. The number of hydrogen-bond acceptors (Lipinski definition) is 6. The second-order valence-corrected chi connectivity index (χ2v) is 6.53. The molecule has 0 radical (unpaired) electrons. The van der Waals surface area contributed by atoms with Crippen LogP contribution < -0.4 is 0 Å². The number of ether oxygens (including phenoxy) is 1. The summed E-state index contributed by atoms with van der Waals surface area (Å²) in [6.45, 7) is 5.53. The van der Waals surface area contributed by atoms with E-state index in [0.29, 0.717) is 19.4 Å². The topological polar surface area (TPSA) is 104 Å². The lowest BCUT2D eigenvalue weighted by Gasteiger charge is -2.28. The molecule has 2 fully saturated rings. The molecule has 2 aliphatic heterocycles. The SMILES string of the molecule is CC(C)(C)OC(=O)N1CCC[C@H]1C(=O)C1CC(=O)N(O)C1=O. The molecule has 0 spiro atoms. The van der Waals surface area contributed by atoms with Gasteiger partial charge in [-0.15, -0.1) is 0 Å². The highest BCUT2D eigenvalue weighted by atomic mass is 16.6. The van der Waals surface area contributed by atoms with E-state index in [2.05, 4.69) is 0 Å². The molecule has 1 N–H and O–H groups in total. The molecule has 8 heteroatoms. The van der Waals surface area contributed by atoms with Crippen molar-refractivity contribution in [3.05, 3.63) is 0 Å². The highest BCUT2D eigenvalue weighted by Gasteiger charge is 2.48. The van der Waals surface area contributed by atoms with Gasteiger partial charge >= 0.3 is 6.09 Å². The summed E-state index contributed by atoms with van der Waals surface area (Å²) in [7, 11) is 0. The predicted molar refractivity (Wildman–Crippen MR) is 72.7 cm³/mol. The molecule has 0 saturated carbocycles. The first kappa shape index (κ1) is 16.4. The van der Waals surface area contributed by atoms with E-state index in [1.54, 1.807) is 20.8 Å². The van der Waals surface area contributed by atoms with Gasteiger partial charge < -0.3 is 4.74 Å². The van der Waals surface area contributed by atoms with Gasteiger partial charge in [0.25, 0.3) is 11.8 Å². The maximum atomic E-state index is 12.5. The van der Waals surface area contributed by atoms with E-state index in [1.165, 1.54) is 4.90 Å². The Morgan fingerprint density at radius 3 is 2.41 bits per heavy atom. The number of imide groups is 1. The minimum Gasteiger partial charge on any atom is -0.444 e. The third kappa shape index (κ3) is 3.11. The van der Waals surface area contributed by atoms with Gasteiger partial charge in [0.05, 0.1) is 6.04 Å². The minimum atomic E-state index is -1.22. The molecule has 8 nitrogen and oxygen atoms in total. The Labute approximate surface area is 127 Å². The van der Waals surface area contributed by atoms with Crippen molar-refractivity contribution in [2.24, 2.45) is 5.92 Å². The van der Waals surface area contributed by atoms with Crippen LogP contribution >= 0.6 is 0 Å². The lowest BCUT2D eigenvalue weighted by molar-refractivity contribution is -0.172. The van der Waals surface area contributed by atoms with Crippen molar-refractivity contribution in [3.63, 3.8) is 0 Å². The van der Waals surface area contributed by atoms with Crippen LogP contribution in [0.5, 0.6) is 0 Å². The molecule has 2 saturated heterocycles. The highest BCUT2D eigenvalue weighted by molar-refractivity contribution is 6.14. The van der Waals surface area contributed by atoms with Gasteiger partial charge in [0, 0.05) is 13.0 Å². The molecular formula is C14H20N2O6. The Hall–Kier alpha value is -1.96. The zero-order valence-electron chi connectivity index (χ0n) is 12.9. The summed E-state index contributed by atoms with van der Waals surface area (Å²) in [5, 5.41) is 9.21. The Kier molecular flexibility index (Phi) is 4.23. The van der Waals surface area contributed by atoms with E-state index in [1.807, 2.05) is 0 Å². The molecule has 22 heavy (non-hydrogen) atoms. The predicted octanol–water partition coefficient (Wildman–Crippen LogP) is 0.719. The maximum absolute atomic E-state index is 12.5. The summed E-state index contributed by atoms with van der Waals surface area (Å²) in [6.07, 6.45) is 0.0720. The molecule has 2 rings (SSSR count). The Morgan fingerprint density at radius 2 is 1.91 bits per heavy atom. The van der Waals surface area contributed by atoms with Gasteiger partial charge in [-0.3, -0.25) is 24.5 Å². The van der Waals surface area contributed by atoms with E-state index in [4.69, 9.17) is 4.74 Å². The molecule has 3 amide bonds. The number of ketones is 1. The molecule has 0 bridgehead atoms. The van der Waals surface area contributed by atoms with Crippen molar-refractivity contribution in [1.29, 1.82) is 0 Å². The second-order valence-electron chi connectivity index (χ2n) is 6.53. The Bertz CT molecular complexity index is 524. The first-order valence-electron chi connectivity index (χ1n) is 7.21. The Morgan fingerprint density at radius 1 is 1.27 bits per heavy atom. The van der Waals surface area contributed by atoms with Crippen molar-refractivity contribution < 1.29 is 29.1 Å². The number of amides is 3. The number of rotatable bonds is 2. The first-order valence-corrected chi connectivity index (χ1v) is 7.21. The lowest BCUT2D eigenvalue weighted by Crippen LogP contribution is -2.46. The van der Waals surface area contributed by atoms with E-state index in [9.17, 15) is 24.4 Å². The van der Waals surface area contributed by atoms with E-state index >= 15 is 0 Å². The summed E-state index contributed by atoms with van der Waals surface area (Å²) < 4.78 is 5.26. The van der Waals surface area contributed by atoms with Crippen LogP contribution in [-0.2, 0) is 19.1 Å². The van der Waals surface area contributed by atoms with Gasteiger partial charge in [0.15, 0.2) is 5.78 Å². The zero-order chi connectivity index (χ0) is 16.7. The average Bonchev–Trinajstić information content (AvgIpc) is 2.97. The smallest absolute Gasteiger partial charge is 0.410 e. The van der Waals surface area contributed by atoms with Crippen molar-refractivity contribution in [2.75, 3.05) is 6.54 Å². The summed E-state index contributed by atoms with van der Waals surface area (Å²) >= 11 is 0. The van der Waals surface area contributed by atoms with Gasteiger partial charge in [-0.05, 0) is 33.6 Å². The molecular weight excluding hydrogens is 292 g/mol. The lowest BCUT2D eigenvalue weighted by atomic mass is 9.95. The van der Waals surface area contributed by atoms with Crippen LogP contribution in [0.25, 0.3) is 0 Å². The molecule has 0 aromatic carbocycles. The third-order valence-corrected chi connectivity index (χ3v) is 3.67. The van der Waals surface area contributed by atoms with Crippen LogP contribution in [0.3, 0.4) is 0 Å². The van der Waals surface area contributed by atoms with E-state index in [-0.39, 0.29) is 11.5 Å². The fourth-order valence-electron chi connectivity index (χ4n) is 2.68. The second kappa shape index (κ2) is 5.68. The zero-order valence-corrected chi connectivity index (χ0v) is 12.9. The molecule has 1 unspecified atom stereocenters. The van der Waals surface area contributed by atoms with Crippen LogP contribution in [0.15, 0.2) is 0 Å². The monoisotopic (exact) mass is 312 g/mol. The quantitative estimate of drug-likeness (QED) is 0.458. The number of hydrogen-bond donors (Lipinski definition) is 1. The fraction of sp³-hybridized carbons (Fsp3) is 0.714. The molecule has 0 aromatic heterocycles. The largest absolute Gasteiger partial charge is 0.444 e. The minimum absolute atomic E-state index is 0.0185. The Balaban J connectivity index is 2.10. The average molecular weight is 312 g/mol. The third-order valence-electron chi connectivity index (χ3n) is 3.67. The van der Waals surface area contributed by atoms with Gasteiger partial charge in [0.2, 0.25) is 0 Å². The molecule has 0 aromatic rings. The normalized spacial score (nSPS) is 25.8. The van der Waals surface area contributed by atoms with Crippen molar-refractivity contribution in [1.82, 2.24) is 9.96 Å². The van der Waals surface area contributed by atoms with Gasteiger partial charge in [-0.25, -0.2) is 4.79 Å². The standard InChI is InChI=1S/C14H20N2O6/c1-14(2,3)22-13(20)15-6-4-5-9(15)11(18)8-7-10(17)16(21)12(8)19/h8-9,21H,4-7H2,1-3H3/t8?,9-/m0/s1. The number of carbonyl (C=O) groups excluding carboxylic acids is 4. The molecule has 2 aliphatic rings. The number of nitrogens with zero attached hydrogens (tertiary/aromatic N) is 2. The van der Waals surface area contributed by atoms with Crippen LogP contribution in [-0.4, -0.2) is 57.0 Å².